The molecule has 0 aliphatic carbocycles. The van der Waals surface area contributed by atoms with Gasteiger partial charge in [-0.2, -0.15) is 0 Å². The van der Waals surface area contributed by atoms with Crippen LogP contribution in [0.4, 0.5) is 0 Å². The van der Waals surface area contributed by atoms with Gasteiger partial charge in [-0.1, -0.05) is 115 Å². The third-order valence-corrected chi connectivity index (χ3v) is 10.6. The van der Waals surface area contributed by atoms with Crippen molar-refractivity contribution in [2.24, 2.45) is 9.98 Å². The van der Waals surface area contributed by atoms with Gasteiger partial charge in [-0.15, -0.1) is 11.3 Å². The third-order valence-electron chi connectivity index (χ3n) is 9.47. The van der Waals surface area contributed by atoms with E-state index < -0.39 is 6.17 Å². The first-order valence-corrected chi connectivity index (χ1v) is 17.0. The summed E-state index contributed by atoms with van der Waals surface area (Å²) in [7, 11) is 0. The smallest absolute Gasteiger partial charge is 0.170 e. The number of hydrogen-bond acceptors (Lipinski definition) is 4. The maximum Gasteiger partial charge on any atom is 0.170 e. The van der Waals surface area contributed by atoms with Gasteiger partial charge in [0.15, 0.2) is 6.17 Å². The quantitative estimate of drug-likeness (QED) is 0.206. The van der Waals surface area contributed by atoms with Crippen molar-refractivity contribution >= 4 is 75.8 Å². The molecule has 3 heterocycles. The van der Waals surface area contributed by atoms with Gasteiger partial charge >= 0.3 is 0 Å². The van der Waals surface area contributed by atoms with E-state index in [4.69, 9.17) is 9.98 Å². The summed E-state index contributed by atoms with van der Waals surface area (Å²) >= 11 is 1.83. The Labute approximate surface area is 281 Å². The fraction of sp³-hybridized carbons (Fsp3) is 0.0233. The molecule has 0 amide bonds. The average molecular weight is 633 g/mol. The van der Waals surface area contributed by atoms with Crippen molar-refractivity contribution < 1.29 is 0 Å². The summed E-state index contributed by atoms with van der Waals surface area (Å²) in [4.78, 5) is 10.6. The molecule has 1 atom stereocenters. The van der Waals surface area contributed by atoms with E-state index in [1.807, 2.05) is 17.4 Å². The lowest BCUT2D eigenvalue weighted by molar-refractivity contribution is 0.762. The van der Waals surface area contributed by atoms with Crippen molar-refractivity contribution in [3.63, 3.8) is 0 Å². The molecular formula is C43H28N4S. The van der Waals surface area contributed by atoms with Crippen molar-refractivity contribution in [3.05, 3.63) is 174 Å². The van der Waals surface area contributed by atoms with Gasteiger partial charge in [-0.05, 0) is 47.9 Å². The number of nitrogens with zero attached hydrogens (tertiary/aromatic N) is 3. The van der Waals surface area contributed by atoms with Crippen LogP contribution in [0.1, 0.15) is 22.9 Å². The van der Waals surface area contributed by atoms with Gasteiger partial charge in [0.2, 0.25) is 0 Å². The van der Waals surface area contributed by atoms with Gasteiger partial charge < -0.3 is 9.88 Å². The molecular weight excluding hydrogens is 605 g/mol. The normalized spacial score (nSPS) is 14.9. The molecule has 1 aliphatic rings. The second-order valence-electron chi connectivity index (χ2n) is 12.2. The first-order valence-electron chi connectivity index (χ1n) is 16.2. The lowest BCUT2D eigenvalue weighted by atomic mass is 10.00. The SMILES string of the molecule is c1ccc(C2=NC(c3ccc(-n4c5ccccc5c5ccccc54)c4ccccc34)N=C(c3ccc4sc5ccccc5c4c3)N2)cc1. The van der Waals surface area contributed by atoms with Gasteiger partial charge in [-0.25, -0.2) is 9.98 Å². The van der Waals surface area contributed by atoms with E-state index in [9.17, 15) is 0 Å². The summed E-state index contributed by atoms with van der Waals surface area (Å²) in [6.45, 7) is 0. The number of rotatable bonds is 4. The van der Waals surface area contributed by atoms with E-state index in [1.54, 1.807) is 0 Å². The molecule has 1 unspecified atom stereocenters. The van der Waals surface area contributed by atoms with E-state index in [1.165, 1.54) is 47.4 Å². The Bertz CT molecular complexity index is 2720. The molecule has 0 radical (unpaired) electrons. The van der Waals surface area contributed by atoms with Crippen LogP contribution in [0.15, 0.2) is 168 Å². The monoisotopic (exact) mass is 632 g/mol. The lowest BCUT2D eigenvalue weighted by Gasteiger charge is -2.24. The predicted octanol–water partition coefficient (Wildman–Crippen LogP) is 10.8. The Morgan fingerprint density at radius 2 is 1.04 bits per heavy atom. The van der Waals surface area contributed by atoms with Gasteiger partial charge in [-0.3, -0.25) is 0 Å². The molecule has 4 nitrogen and oxygen atoms in total. The molecule has 226 valence electrons. The molecule has 5 heteroatoms. The van der Waals surface area contributed by atoms with E-state index in [0.29, 0.717) is 0 Å². The molecule has 0 bridgehead atoms. The number of aliphatic imine (C=N–C) groups is 2. The van der Waals surface area contributed by atoms with E-state index >= 15 is 0 Å². The maximum atomic E-state index is 5.33. The number of aromatic nitrogens is 1. The molecule has 7 aromatic carbocycles. The number of hydrogen-bond donors (Lipinski definition) is 1. The van der Waals surface area contributed by atoms with Gasteiger partial charge in [0.25, 0.3) is 0 Å². The molecule has 10 rings (SSSR count). The van der Waals surface area contributed by atoms with Crippen LogP contribution in [0.25, 0.3) is 58.4 Å². The lowest BCUT2D eigenvalue weighted by Crippen LogP contribution is -2.36. The van der Waals surface area contributed by atoms with Crippen LogP contribution in [0, 0.1) is 0 Å². The topological polar surface area (TPSA) is 41.7 Å². The van der Waals surface area contributed by atoms with E-state index in [0.717, 1.165) is 39.4 Å². The number of benzene rings is 7. The number of fused-ring (bicyclic) bond motifs is 7. The van der Waals surface area contributed by atoms with E-state index in [-0.39, 0.29) is 0 Å². The average Bonchev–Trinajstić information content (AvgIpc) is 3.70. The zero-order valence-corrected chi connectivity index (χ0v) is 26.7. The minimum Gasteiger partial charge on any atom is -0.324 e. The zero-order chi connectivity index (χ0) is 31.6. The first-order chi connectivity index (χ1) is 23.8. The third kappa shape index (κ3) is 4.21. The van der Waals surface area contributed by atoms with Crippen LogP contribution < -0.4 is 5.32 Å². The zero-order valence-electron chi connectivity index (χ0n) is 25.8. The summed E-state index contributed by atoms with van der Waals surface area (Å²) in [5.74, 6) is 1.64. The molecule has 0 saturated heterocycles. The van der Waals surface area contributed by atoms with Gasteiger partial charge in [0.1, 0.15) is 11.7 Å². The molecule has 2 aromatic heterocycles. The molecule has 0 spiro atoms. The summed E-state index contributed by atoms with van der Waals surface area (Å²) in [5, 5.41) is 10.9. The minimum atomic E-state index is -0.427. The van der Waals surface area contributed by atoms with Gasteiger partial charge in [0, 0.05) is 53.0 Å². The van der Waals surface area contributed by atoms with Crippen molar-refractivity contribution in [3.8, 4) is 5.69 Å². The van der Waals surface area contributed by atoms with Crippen LogP contribution in [0.3, 0.4) is 0 Å². The summed E-state index contributed by atoms with van der Waals surface area (Å²) in [6, 6.07) is 56.1. The molecule has 0 saturated carbocycles. The highest BCUT2D eigenvalue weighted by Crippen LogP contribution is 2.39. The largest absolute Gasteiger partial charge is 0.324 e. The highest BCUT2D eigenvalue weighted by atomic mass is 32.1. The Hall–Kier alpha value is -6.04. The molecule has 1 N–H and O–H groups in total. The molecule has 48 heavy (non-hydrogen) atoms. The Kier molecular flexibility index (Phi) is 6.08. The minimum absolute atomic E-state index is 0.427. The predicted molar refractivity (Wildman–Crippen MR) is 203 cm³/mol. The van der Waals surface area contributed by atoms with Gasteiger partial charge in [0.05, 0.1) is 16.7 Å². The second kappa shape index (κ2) is 10.8. The summed E-state index contributed by atoms with van der Waals surface area (Å²) < 4.78 is 4.96. The Morgan fingerprint density at radius 3 is 1.79 bits per heavy atom. The standard InChI is InChI=1S/C43H28N4S/c1-2-12-27(13-3-1)41-44-42(28-22-25-40-35(26-28)33-18-8-11-21-39(33)48-40)46-43(45-41)34-23-24-38(30-15-5-4-14-29(30)34)47-36-19-9-6-16-31(36)32-17-7-10-20-37(32)47/h1-26,43H,(H,44,45,46). The van der Waals surface area contributed by atoms with Crippen LogP contribution in [-0.4, -0.2) is 16.2 Å². The fourth-order valence-electron chi connectivity index (χ4n) is 7.26. The molecule has 0 fully saturated rings. The maximum absolute atomic E-state index is 5.33. The van der Waals surface area contributed by atoms with E-state index in [2.05, 4.69) is 162 Å². The Morgan fingerprint density at radius 1 is 0.458 bits per heavy atom. The number of nitrogens with one attached hydrogen (secondary N) is 1. The van der Waals surface area contributed by atoms with Crippen LogP contribution in [-0.2, 0) is 0 Å². The molecule has 1 aliphatic heterocycles. The van der Waals surface area contributed by atoms with Crippen molar-refractivity contribution in [1.29, 1.82) is 0 Å². The van der Waals surface area contributed by atoms with Crippen molar-refractivity contribution in [2.45, 2.75) is 6.17 Å². The number of amidine groups is 2. The Balaban J connectivity index is 1.17. The number of thiophene rings is 1. The van der Waals surface area contributed by atoms with Crippen molar-refractivity contribution in [1.82, 2.24) is 9.88 Å². The van der Waals surface area contributed by atoms with Crippen LogP contribution in [0.5, 0.6) is 0 Å². The molecule has 9 aromatic rings. The highest BCUT2D eigenvalue weighted by molar-refractivity contribution is 7.25. The number of para-hydroxylation sites is 2. The summed E-state index contributed by atoms with van der Waals surface area (Å²) in [5.41, 5.74) is 6.68. The first kappa shape index (κ1) is 27.1. The van der Waals surface area contributed by atoms with Crippen LogP contribution in [0.2, 0.25) is 0 Å². The van der Waals surface area contributed by atoms with Crippen molar-refractivity contribution in [2.75, 3.05) is 0 Å². The fourth-order valence-corrected chi connectivity index (χ4v) is 8.35. The van der Waals surface area contributed by atoms with Crippen LogP contribution >= 0.6 is 11.3 Å². The highest BCUT2D eigenvalue weighted by Gasteiger charge is 2.24. The second-order valence-corrected chi connectivity index (χ2v) is 13.3. The summed E-state index contributed by atoms with van der Waals surface area (Å²) in [6.07, 6.45) is -0.427.